The van der Waals surface area contributed by atoms with Crippen molar-refractivity contribution in [2.24, 2.45) is 11.5 Å². The second-order valence-corrected chi connectivity index (χ2v) is 15.9. The van der Waals surface area contributed by atoms with Gasteiger partial charge in [0.05, 0.1) is 17.8 Å². The zero-order valence-electron chi connectivity index (χ0n) is 31.7. The first-order chi connectivity index (χ1) is 26.3. The Hall–Kier alpha value is -4.98. The van der Waals surface area contributed by atoms with Crippen molar-refractivity contribution in [3.63, 3.8) is 0 Å². The van der Waals surface area contributed by atoms with Gasteiger partial charge in [0, 0.05) is 25.3 Å². The molecule has 292 valence electrons. The fraction of sp³-hybridized carbons (Fsp3) is 0.405. The molecule has 3 unspecified atom stereocenters. The van der Waals surface area contributed by atoms with Crippen LogP contribution in [0.2, 0.25) is 0 Å². The molecular weight excluding hydrogens is 717 g/mol. The third-order valence-corrected chi connectivity index (χ3v) is 10.6. The zero-order valence-corrected chi connectivity index (χ0v) is 32.5. The summed E-state index contributed by atoms with van der Waals surface area (Å²) in [5.74, 6) is -2.00. The van der Waals surface area contributed by atoms with Crippen molar-refractivity contribution in [3.05, 3.63) is 96.1 Å². The molecule has 0 saturated carbocycles. The number of Topliss-reactive ketones (excluding diaryl/α,β-unsaturated/α-hetero) is 1. The van der Waals surface area contributed by atoms with Gasteiger partial charge >= 0.3 is 6.09 Å². The van der Waals surface area contributed by atoms with E-state index in [1.165, 1.54) is 16.7 Å². The molecule has 0 aliphatic carbocycles. The highest BCUT2D eigenvalue weighted by molar-refractivity contribution is 8.00. The Labute approximate surface area is 326 Å². The van der Waals surface area contributed by atoms with Crippen molar-refractivity contribution in [1.82, 2.24) is 20.9 Å². The molecule has 12 nitrogen and oxygen atoms in total. The summed E-state index contributed by atoms with van der Waals surface area (Å²) in [4.78, 5) is 70.6. The molecule has 0 aromatic heterocycles. The van der Waals surface area contributed by atoms with Gasteiger partial charge in [0.1, 0.15) is 17.7 Å². The number of ketones is 1. The van der Waals surface area contributed by atoms with Crippen LogP contribution in [0.15, 0.2) is 84.9 Å². The van der Waals surface area contributed by atoms with Crippen molar-refractivity contribution >= 4 is 62.9 Å². The number of alkyl carbamates (subject to hydrolysis) is 1. The smallest absolute Gasteiger partial charge is 0.408 e. The van der Waals surface area contributed by atoms with Gasteiger partial charge in [-0.2, -0.15) is 0 Å². The fourth-order valence-corrected chi connectivity index (χ4v) is 7.81. The molecule has 5 rings (SSSR count). The third kappa shape index (κ3) is 11.3. The topological polar surface area (TPSA) is 186 Å². The van der Waals surface area contributed by atoms with Crippen molar-refractivity contribution in [2.45, 2.75) is 82.8 Å². The van der Waals surface area contributed by atoms with Gasteiger partial charge < -0.3 is 37.1 Å². The Kier molecular flexibility index (Phi) is 14.3. The van der Waals surface area contributed by atoms with Crippen LogP contribution in [0, 0.1) is 0 Å². The molecule has 4 atom stereocenters. The predicted octanol–water partition coefficient (Wildman–Crippen LogP) is 4.20. The quantitative estimate of drug-likeness (QED) is 0.117. The number of nitrogens with one attached hydrogen (secondary N) is 3. The molecule has 1 aliphatic heterocycles. The summed E-state index contributed by atoms with van der Waals surface area (Å²) < 4.78 is 5.49. The fourth-order valence-electron chi connectivity index (χ4n) is 6.85. The lowest BCUT2D eigenvalue weighted by atomic mass is 9.95. The van der Waals surface area contributed by atoms with Gasteiger partial charge in [0.25, 0.3) is 0 Å². The number of hydrogen-bond donors (Lipinski definition) is 5. The molecule has 1 aliphatic rings. The minimum Gasteiger partial charge on any atom is -0.444 e. The normalized spacial score (nSPS) is 18.0. The maximum atomic E-state index is 14.6. The molecule has 1 heterocycles. The van der Waals surface area contributed by atoms with Crippen LogP contribution in [0.5, 0.6) is 0 Å². The number of carbonyl (C=O) groups is 5. The van der Waals surface area contributed by atoms with E-state index in [1.54, 1.807) is 20.8 Å². The largest absolute Gasteiger partial charge is 0.444 e. The number of amides is 4. The van der Waals surface area contributed by atoms with Crippen molar-refractivity contribution < 1.29 is 28.7 Å². The number of nitrogens with zero attached hydrogens (tertiary/aromatic N) is 1. The van der Waals surface area contributed by atoms with Gasteiger partial charge in [0.15, 0.2) is 5.78 Å². The molecule has 4 aromatic carbocycles. The van der Waals surface area contributed by atoms with Crippen molar-refractivity contribution in [2.75, 3.05) is 24.6 Å². The number of benzene rings is 4. The minimum atomic E-state index is -1.31. The Morgan fingerprint density at radius 1 is 0.909 bits per heavy atom. The Morgan fingerprint density at radius 2 is 1.53 bits per heavy atom. The Bertz CT molecular complexity index is 1990. The predicted molar refractivity (Wildman–Crippen MR) is 217 cm³/mol. The molecule has 7 N–H and O–H groups in total. The SMILES string of the molecule is CC(C)(C)OC(=O)N[C@@H](CCCCN)C(=O)C1CN(C(Cc2cccc3ccccc23)C(N)=O)C(=O)CSCC(NCc2cccc3ccccc23)C(=O)N1. The molecule has 1 fully saturated rings. The summed E-state index contributed by atoms with van der Waals surface area (Å²) in [6.07, 6.45) is 0.599. The van der Waals surface area contributed by atoms with E-state index in [9.17, 15) is 24.0 Å². The molecular formula is C42H52N6O6S. The van der Waals surface area contributed by atoms with Crippen LogP contribution in [0.25, 0.3) is 21.5 Å². The maximum absolute atomic E-state index is 14.6. The molecule has 0 bridgehead atoms. The van der Waals surface area contributed by atoms with Gasteiger partial charge in [0.2, 0.25) is 17.7 Å². The van der Waals surface area contributed by atoms with E-state index >= 15 is 0 Å². The van der Waals surface area contributed by atoms with Crippen LogP contribution < -0.4 is 27.4 Å². The van der Waals surface area contributed by atoms with Gasteiger partial charge in [-0.25, -0.2) is 4.79 Å². The lowest BCUT2D eigenvalue weighted by Crippen LogP contribution is -2.62. The van der Waals surface area contributed by atoms with Gasteiger partial charge in [-0.3, -0.25) is 19.2 Å². The number of nitrogens with two attached hydrogens (primary N) is 2. The van der Waals surface area contributed by atoms with E-state index in [0.29, 0.717) is 25.9 Å². The summed E-state index contributed by atoms with van der Waals surface area (Å²) in [6.45, 7) is 5.54. The third-order valence-electron chi connectivity index (χ3n) is 9.58. The second kappa shape index (κ2) is 19.1. The molecule has 4 amide bonds. The molecule has 0 spiro atoms. The van der Waals surface area contributed by atoms with Crippen LogP contribution >= 0.6 is 11.8 Å². The van der Waals surface area contributed by atoms with Crippen molar-refractivity contribution in [3.8, 4) is 0 Å². The molecule has 1 saturated heterocycles. The van der Waals surface area contributed by atoms with Crippen LogP contribution in [0.3, 0.4) is 0 Å². The Balaban J connectivity index is 1.48. The summed E-state index contributed by atoms with van der Waals surface area (Å²) >= 11 is 1.26. The first kappa shape index (κ1) is 41.2. The summed E-state index contributed by atoms with van der Waals surface area (Å²) in [6, 6.07) is 23.0. The average Bonchev–Trinajstić information content (AvgIpc) is 3.15. The number of carbonyl (C=O) groups excluding carboxylic acids is 5. The highest BCUT2D eigenvalue weighted by atomic mass is 32.2. The number of thioether (sulfide) groups is 1. The highest BCUT2D eigenvalue weighted by Crippen LogP contribution is 2.24. The summed E-state index contributed by atoms with van der Waals surface area (Å²) in [5.41, 5.74) is 12.8. The van der Waals surface area contributed by atoms with E-state index in [0.717, 1.165) is 32.7 Å². The number of rotatable bonds is 14. The van der Waals surface area contributed by atoms with E-state index in [1.807, 2.05) is 84.9 Å². The molecule has 4 aromatic rings. The number of ether oxygens (including phenoxy) is 1. The maximum Gasteiger partial charge on any atom is 0.408 e. The van der Waals surface area contributed by atoms with Crippen LogP contribution in [0.4, 0.5) is 4.79 Å². The standard InChI is InChI=1S/C42H52N6O6S/c1-42(2,3)54-41(53)47-33(20-8-9-21-43)38(50)34-24-48(36(39(44)51)22-29-16-10-14-27-12-4-6-18-31(27)29)37(49)26-55-25-35(40(52)46-34)45-23-30-17-11-15-28-13-5-7-19-32(28)30/h4-7,10-19,33-36,45H,8-9,20-26,43H2,1-3H3,(H2,44,51)(H,46,52)(H,47,53)/t33-,34?,35?,36?/m0/s1. The van der Waals surface area contributed by atoms with Crippen molar-refractivity contribution in [1.29, 1.82) is 0 Å². The second-order valence-electron chi connectivity index (χ2n) is 14.8. The highest BCUT2D eigenvalue weighted by Gasteiger charge is 2.38. The summed E-state index contributed by atoms with van der Waals surface area (Å²) in [7, 11) is 0. The lowest BCUT2D eigenvalue weighted by Gasteiger charge is -2.36. The first-order valence-corrected chi connectivity index (χ1v) is 19.9. The monoisotopic (exact) mass is 768 g/mol. The van der Waals surface area contributed by atoms with E-state index in [4.69, 9.17) is 16.2 Å². The average molecular weight is 769 g/mol. The van der Waals surface area contributed by atoms with E-state index in [2.05, 4.69) is 16.0 Å². The Morgan fingerprint density at radius 3 is 2.16 bits per heavy atom. The first-order valence-electron chi connectivity index (χ1n) is 18.7. The molecule has 0 radical (unpaired) electrons. The number of fused-ring (bicyclic) bond motifs is 2. The summed E-state index contributed by atoms with van der Waals surface area (Å²) in [5, 5.41) is 12.9. The van der Waals surface area contributed by atoms with Crippen LogP contribution in [0.1, 0.15) is 51.2 Å². The lowest BCUT2D eigenvalue weighted by molar-refractivity contribution is -0.140. The molecule has 13 heteroatoms. The zero-order chi connectivity index (χ0) is 39.5. The van der Waals surface area contributed by atoms with E-state index in [-0.39, 0.29) is 30.9 Å². The van der Waals surface area contributed by atoms with Gasteiger partial charge in [-0.05, 0) is 79.3 Å². The number of unbranched alkanes of at least 4 members (excludes halogenated alkanes) is 1. The number of hydrogen-bond acceptors (Lipinski definition) is 9. The minimum absolute atomic E-state index is 0.0595. The van der Waals surface area contributed by atoms with Crippen LogP contribution in [-0.4, -0.2) is 88.9 Å². The van der Waals surface area contributed by atoms with Crippen LogP contribution in [-0.2, 0) is 36.9 Å². The van der Waals surface area contributed by atoms with Gasteiger partial charge in [-0.15, -0.1) is 11.8 Å². The van der Waals surface area contributed by atoms with Gasteiger partial charge in [-0.1, -0.05) is 84.9 Å². The molecule has 55 heavy (non-hydrogen) atoms. The van der Waals surface area contributed by atoms with E-state index < -0.39 is 59.4 Å². The number of primary amides is 1.